The number of alkyl halides is 3. The first kappa shape index (κ1) is 15.0. The zero-order valence-electron chi connectivity index (χ0n) is 8.54. The Hall–Kier alpha value is -1.01. The quantitative estimate of drug-likeness (QED) is 0.902. The molecule has 3 nitrogen and oxygen atoms in total. The standard InChI is InChI=1S/C9H11F3N2O.ClH/c1-6-2-7(4-13)3-8(14-6)15-5-9(10,11)12;/h2-3H,4-5,13H2,1H3;1H. The number of aryl methyl sites for hydroxylation is 1. The Morgan fingerprint density at radius 1 is 1.38 bits per heavy atom. The molecule has 0 aliphatic rings. The molecule has 0 aliphatic carbocycles. The first-order valence-corrected chi connectivity index (χ1v) is 4.28. The zero-order chi connectivity index (χ0) is 11.5. The molecular formula is C9H12ClF3N2O. The third-order valence-electron chi connectivity index (χ3n) is 1.61. The van der Waals surface area contributed by atoms with E-state index in [-0.39, 0.29) is 24.8 Å². The predicted molar refractivity (Wildman–Crippen MR) is 55.7 cm³/mol. The molecule has 0 bridgehead atoms. The first-order valence-electron chi connectivity index (χ1n) is 4.28. The van der Waals surface area contributed by atoms with Crippen molar-refractivity contribution in [3.63, 3.8) is 0 Å². The lowest BCUT2D eigenvalue weighted by Gasteiger charge is -2.09. The highest BCUT2D eigenvalue weighted by molar-refractivity contribution is 5.85. The van der Waals surface area contributed by atoms with Gasteiger partial charge in [0.25, 0.3) is 0 Å². The number of nitrogens with two attached hydrogens (primary N) is 1. The van der Waals surface area contributed by atoms with Crippen LogP contribution in [0.2, 0.25) is 0 Å². The fraction of sp³-hybridized carbons (Fsp3) is 0.444. The highest BCUT2D eigenvalue weighted by atomic mass is 35.5. The third-order valence-corrected chi connectivity index (χ3v) is 1.61. The van der Waals surface area contributed by atoms with Crippen molar-refractivity contribution in [1.29, 1.82) is 0 Å². The highest BCUT2D eigenvalue weighted by Gasteiger charge is 2.28. The summed E-state index contributed by atoms with van der Waals surface area (Å²) in [6, 6.07) is 3.10. The lowest BCUT2D eigenvalue weighted by atomic mass is 10.2. The lowest BCUT2D eigenvalue weighted by Crippen LogP contribution is -2.19. The van der Waals surface area contributed by atoms with Gasteiger partial charge in [0.1, 0.15) is 0 Å². The number of pyridine rings is 1. The largest absolute Gasteiger partial charge is 0.468 e. The van der Waals surface area contributed by atoms with Crippen LogP contribution < -0.4 is 10.5 Å². The van der Waals surface area contributed by atoms with E-state index in [2.05, 4.69) is 9.72 Å². The van der Waals surface area contributed by atoms with Crippen molar-refractivity contribution in [3.05, 3.63) is 23.4 Å². The van der Waals surface area contributed by atoms with Gasteiger partial charge < -0.3 is 10.5 Å². The summed E-state index contributed by atoms with van der Waals surface area (Å²) < 4.78 is 40.0. The van der Waals surface area contributed by atoms with Crippen LogP contribution in [0.25, 0.3) is 0 Å². The maximum absolute atomic E-state index is 11.8. The van der Waals surface area contributed by atoms with Gasteiger partial charge in [-0.1, -0.05) is 0 Å². The van der Waals surface area contributed by atoms with Crippen LogP contribution in [0.15, 0.2) is 12.1 Å². The van der Waals surface area contributed by atoms with Crippen molar-refractivity contribution in [2.45, 2.75) is 19.6 Å². The summed E-state index contributed by atoms with van der Waals surface area (Å²) in [5.74, 6) is -0.0484. The number of halogens is 4. The maximum atomic E-state index is 11.8. The van der Waals surface area contributed by atoms with Gasteiger partial charge in [0.15, 0.2) is 6.61 Å². The Morgan fingerprint density at radius 3 is 2.50 bits per heavy atom. The number of rotatable bonds is 3. The molecule has 0 spiro atoms. The molecule has 7 heteroatoms. The molecule has 0 radical (unpaired) electrons. The van der Waals surface area contributed by atoms with Crippen LogP contribution in [0, 0.1) is 6.92 Å². The Balaban J connectivity index is 0.00000225. The number of nitrogens with zero attached hydrogens (tertiary/aromatic N) is 1. The second-order valence-electron chi connectivity index (χ2n) is 3.06. The van der Waals surface area contributed by atoms with E-state index in [1.807, 2.05) is 0 Å². The van der Waals surface area contributed by atoms with Gasteiger partial charge in [0.2, 0.25) is 5.88 Å². The molecule has 2 N–H and O–H groups in total. The molecule has 1 aromatic heterocycles. The van der Waals surface area contributed by atoms with Gasteiger partial charge >= 0.3 is 6.18 Å². The molecule has 16 heavy (non-hydrogen) atoms. The van der Waals surface area contributed by atoms with Gasteiger partial charge in [-0.25, -0.2) is 4.98 Å². The number of hydrogen-bond donors (Lipinski definition) is 1. The smallest absolute Gasteiger partial charge is 0.422 e. The average Bonchev–Trinajstić information content (AvgIpc) is 2.13. The van der Waals surface area contributed by atoms with Crippen LogP contribution in [0.5, 0.6) is 5.88 Å². The van der Waals surface area contributed by atoms with Gasteiger partial charge in [-0.15, -0.1) is 12.4 Å². The molecule has 0 saturated heterocycles. The van der Waals surface area contributed by atoms with Crippen LogP contribution in [-0.4, -0.2) is 17.8 Å². The van der Waals surface area contributed by atoms with Crippen molar-refractivity contribution in [1.82, 2.24) is 4.98 Å². The number of hydrogen-bond acceptors (Lipinski definition) is 3. The minimum Gasteiger partial charge on any atom is -0.468 e. The normalized spacial score (nSPS) is 10.8. The van der Waals surface area contributed by atoms with Crippen molar-refractivity contribution in [2.75, 3.05) is 6.61 Å². The summed E-state index contributed by atoms with van der Waals surface area (Å²) in [5.41, 5.74) is 6.64. The van der Waals surface area contributed by atoms with E-state index in [0.717, 1.165) is 0 Å². The van der Waals surface area contributed by atoms with Crippen LogP contribution in [0.3, 0.4) is 0 Å². The molecule has 0 amide bonds. The third kappa shape index (κ3) is 5.18. The van der Waals surface area contributed by atoms with E-state index in [1.165, 1.54) is 6.07 Å². The SMILES string of the molecule is Cc1cc(CN)cc(OCC(F)(F)F)n1.Cl. The van der Waals surface area contributed by atoms with Gasteiger partial charge in [0.05, 0.1) is 0 Å². The van der Waals surface area contributed by atoms with Gasteiger partial charge in [-0.05, 0) is 18.6 Å². The molecule has 0 aliphatic heterocycles. The zero-order valence-corrected chi connectivity index (χ0v) is 9.36. The van der Waals surface area contributed by atoms with Crippen LogP contribution in [0.1, 0.15) is 11.3 Å². The van der Waals surface area contributed by atoms with Crippen molar-refractivity contribution in [3.8, 4) is 5.88 Å². The fourth-order valence-electron chi connectivity index (χ4n) is 1.05. The van der Waals surface area contributed by atoms with E-state index in [4.69, 9.17) is 5.73 Å². The number of aromatic nitrogens is 1. The summed E-state index contributed by atoms with van der Waals surface area (Å²) in [6.45, 7) is 0.568. The molecule has 0 unspecified atom stereocenters. The van der Waals surface area contributed by atoms with Crippen molar-refractivity contribution >= 4 is 12.4 Å². The van der Waals surface area contributed by atoms with Crippen molar-refractivity contribution in [2.24, 2.45) is 5.73 Å². The number of ether oxygens (including phenoxy) is 1. The Morgan fingerprint density at radius 2 is 2.00 bits per heavy atom. The molecule has 1 rings (SSSR count). The Labute approximate surface area is 97.2 Å². The lowest BCUT2D eigenvalue weighted by molar-refractivity contribution is -0.154. The highest BCUT2D eigenvalue weighted by Crippen LogP contribution is 2.18. The second kappa shape index (κ2) is 5.91. The first-order chi connectivity index (χ1) is 6.90. The monoisotopic (exact) mass is 256 g/mol. The summed E-state index contributed by atoms with van der Waals surface area (Å²) in [7, 11) is 0. The molecular weight excluding hydrogens is 245 g/mol. The minimum absolute atomic E-state index is 0. The Kier molecular flexibility index (Phi) is 5.53. The van der Waals surface area contributed by atoms with E-state index in [0.29, 0.717) is 11.3 Å². The second-order valence-corrected chi connectivity index (χ2v) is 3.06. The summed E-state index contributed by atoms with van der Waals surface area (Å²) in [5, 5.41) is 0. The summed E-state index contributed by atoms with van der Waals surface area (Å²) in [6.07, 6.45) is -4.35. The molecule has 0 saturated carbocycles. The maximum Gasteiger partial charge on any atom is 0.422 e. The molecule has 92 valence electrons. The van der Waals surface area contributed by atoms with Crippen LogP contribution >= 0.6 is 12.4 Å². The molecule has 0 atom stereocenters. The van der Waals surface area contributed by atoms with Crippen molar-refractivity contribution < 1.29 is 17.9 Å². The van der Waals surface area contributed by atoms with Gasteiger partial charge in [-0.3, -0.25) is 0 Å². The molecule has 1 heterocycles. The fourth-order valence-corrected chi connectivity index (χ4v) is 1.05. The van der Waals surface area contributed by atoms with Gasteiger partial charge in [0, 0.05) is 18.3 Å². The van der Waals surface area contributed by atoms with E-state index < -0.39 is 12.8 Å². The summed E-state index contributed by atoms with van der Waals surface area (Å²) in [4.78, 5) is 3.81. The Bertz CT molecular complexity index is 344. The predicted octanol–water partition coefficient (Wildman–Crippen LogP) is 2.21. The topological polar surface area (TPSA) is 48.1 Å². The summed E-state index contributed by atoms with van der Waals surface area (Å²) >= 11 is 0. The van der Waals surface area contributed by atoms with E-state index in [1.54, 1.807) is 13.0 Å². The van der Waals surface area contributed by atoms with Crippen LogP contribution in [0.4, 0.5) is 13.2 Å². The average molecular weight is 257 g/mol. The van der Waals surface area contributed by atoms with E-state index in [9.17, 15) is 13.2 Å². The molecule has 0 aromatic carbocycles. The molecule has 1 aromatic rings. The van der Waals surface area contributed by atoms with E-state index >= 15 is 0 Å². The van der Waals surface area contributed by atoms with Gasteiger partial charge in [-0.2, -0.15) is 13.2 Å². The van der Waals surface area contributed by atoms with Crippen LogP contribution in [-0.2, 0) is 6.54 Å². The minimum atomic E-state index is -4.35. The molecule has 0 fully saturated rings.